The zero-order valence-corrected chi connectivity index (χ0v) is 9.83. The van der Waals surface area contributed by atoms with Crippen molar-refractivity contribution in [1.29, 1.82) is 0 Å². The second kappa shape index (κ2) is 3.40. The lowest BCUT2D eigenvalue weighted by Crippen LogP contribution is -2.18. The van der Waals surface area contributed by atoms with Crippen molar-refractivity contribution in [2.45, 2.75) is 12.1 Å². The monoisotopic (exact) mass is 226 g/mol. The molecule has 2 rings (SSSR count). The number of nitrogens with zero attached hydrogens (tertiary/aromatic N) is 2. The van der Waals surface area contributed by atoms with Gasteiger partial charge in [0.25, 0.3) is 5.56 Å². The summed E-state index contributed by atoms with van der Waals surface area (Å²) in [4.78, 5) is 18.2. The van der Waals surface area contributed by atoms with Crippen molar-refractivity contribution < 1.29 is 0 Å². The van der Waals surface area contributed by atoms with Crippen LogP contribution in [0.15, 0.2) is 16.0 Å². The molecule has 0 bridgehead atoms. The normalized spacial score (nSPS) is 11.1. The van der Waals surface area contributed by atoms with Crippen LogP contribution in [-0.4, -0.2) is 15.8 Å². The van der Waals surface area contributed by atoms with Crippen LogP contribution in [-0.2, 0) is 7.05 Å². The van der Waals surface area contributed by atoms with Gasteiger partial charge < -0.3 is 0 Å². The molecule has 0 aliphatic carbocycles. The number of rotatable bonds is 1. The van der Waals surface area contributed by atoms with Crippen molar-refractivity contribution in [2.24, 2.45) is 7.05 Å². The van der Waals surface area contributed by atoms with Crippen molar-refractivity contribution in [3.05, 3.63) is 21.3 Å². The van der Waals surface area contributed by atoms with Crippen LogP contribution in [0.25, 0.3) is 10.2 Å². The molecule has 2 heterocycles. The number of thioether (sulfide) groups is 1. The van der Waals surface area contributed by atoms with Gasteiger partial charge in [0.1, 0.15) is 4.83 Å². The van der Waals surface area contributed by atoms with E-state index in [-0.39, 0.29) is 5.56 Å². The van der Waals surface area contributed by atoms with E-state index in [0.717, 1.165) is 20.3 Å². The van der Waals surface area contributed by atoms with Gasteiger partial charge in [0.05, 0.1) is 5.39 Å². The Bertz CT molecular complexity index is 541. The van der Waals surface area contributed by atoms with Crippen molar-refractivity contribution in [3.63, 3.8) is 0 Å². The average Bonchev–Trinajstić information content (AvgIpc) is 2.52. The van der Waals surface area contributed by atoms with E-state index in [0.29, 0.717) is 0 Å². The Balaban J connectivity index is 2.91. The molecule has 0 aliphatic rings. The van der Waals surface area contributed by atoms with Crippen LogP contribution in [0.3, 0.4) is 0 Å². The topological polar surface area (TPSA) is 34.9 Å². The predicted molar refractivity (Wildman–Crippen MR) is 61.4 cm³/mol. The zero-order chi connectivity index (χ0) is 10.3. The van der Waals surface area contributed by atoms with Crippen LogP contribution in [0, 0.1) is 6.92 Å². The molecule has 74 valence electrons. The minimum Gasteiger partial charge on any atom is -0.290 e. The first-order chi connectivity index (χ1) is 6.63. The Morgan fingerprint density at radius 2 is 2.29 bits per heavy atom. The first kappa shape index (κ1) is 9.73. The predicted octanol–water partition coefficient (Wildman–Crippen LogP) is 2.03. The number of hydrogen-bond donors (Lipinski definition) is 0. The van der Waals surface area contributed by atoms with E-state index < -0.39 is 0 Å². The Kier molecular flexibility index (Phi) is 2.36. The maximum Gasteiger partial charge on any atom is 0.262 e. The second-order valence-corrected chi connectivity index (χ2v) is 5.05. The SMILES string of the molecule is CSc1nc2sc(C)cc2c(=O)n1C. The average molecular weight is 226 g/mol. The first-order valence-electron chi connectivity index (χ1n) is 4.14. The highest BCUT2D eigenvalue weighted by Crippen LogP contribution is 2.22. The van der Waals surface area contributed by atoms with Crippen LogP contribution in [0.5, 0.6) is 0 Å². The van der Waals surface area contributed by atoms with Crippen molar-refractivity contribution in [1.82, 2.24) is 9.55 Å². The standard InChI is InChI=1S/C9H10N2OS2/c1-5-4-6-7(14-5)10-9(13-3)11(2)8(6)12/h4H,1-3H3. The molecule has 0 unspecified atom stereocenters. The Morgan fingerprint density at radius 3 is 2.93 bits per heavy atom. The lowest BCUT2D eigenvalue weighted by Gasteiger charge is -2.02. The fraction of sp³-hybridized carbons (Fsp3) is 0.333. The summed E-state index contributed by atoms with van der Waals surface area (Å²) in [6.07, 6.45) is 1.92. The van der Waals surface area contributed by atoms with Gasteiger partial charge in [-0.3, -0.25) is 9.36 Å². The molecule has 0 radical (unpaired) electrons. The molecule has 0 aromatic carbocycles. The van der Waals surface area contributed by atoms with E-state index in [2.05, 4.69) is 4.98 Å². The molecular formula is C9H10N2OS2. The molecular weight excluding hydrogens is 216 g/mol. The Labute approximate surface area is 89.8 Å². The van der Waals surface area contributed by atoms with E-state index in [1.54, 1.807) is 23.0 Å². The summed E-state index contributed by atoms with van der Waals surface area (Å²) in [5, 5.41) is 1.50. The Morgan fingerprint density at radius 1 is 1.57 bits per heavy atom. The van der Waals surface area contributed by atoms with Crippen LogP contribution in [0.1, 0.15) is 4.88 Å². The number of thiophene rings is 1. The highest BCUT2D eigenvalue weighted by atomic mass is 32.2. The summed E-state index contributed by atoms with van der Waals surface area (Å²) in [5.41, 5.74) is 0.0451. The van der Waals surface area contributed by atoms with Crippen LogP contribution >= 0.6 is 23.1 Å². The highest BCUT2D eigenvalue weighted by Gasteiger charge is 2.09. The highest BCUT2D eigenvalue weighted by molar-refractivity contribution is 7.98. The van der Waals surface area contributed by atoms with E-state index >= 15 is 0 Å². The first-order valence-corrected chi connectivity index (χ1v) is 6.18. The molecule has 0 atom stereocenters. The van der Waals surface area contributed by atoms with Crippen molar-refractivity contribution >= 4 is 33.3 Å². The second-order valence-electron chi connectivity index (χ2n) is 3.04. The van der Waals surface area contributed by atoms with Gasteiger partial charge in [-0.05, 0) is 19.2 Å². The van der Waals surface area contributed by atoms with E-state index in [4.69, 9.17) is 0 Å². The lowest BCUT2D eigenvalue weighted by molar-refractivity contribution is 0.729. The van der Waals surface area contributed by atoms with Gasteiger partial charge >= 0.3 is 0 Å². The minimum atomic E-state index is 0.0451. The number of aryl methyl sites for hydroxylation is 1. The largest absolute Gasteiger partial charge is 0.290 e. The molecule has 14 heavy (non-hydrogen) atoms. The molecule has 2 aromatic rings. The van der Waals surface area contributed by atoms with Crippen molar-refractivity contribution in [2.75, 3.05) is 6.26 Å². The minimum absolute atomic E-state index is 0.0451. The quantitative estimate of drug-likeness (QED) is 0.551. The van der Waals surface area contributed by atoms with Gasteiger partial charge in [0.2, 0.25) is 0 Å². The van der Waals surface area contributed by atoms with E-state index in [1.165, 1.54) is 11.8 Å². The van der Waals surface area contributed by atoms with Gasteiger partial charge in [-0.1, -0.05) is 11.8 Å². The lowest BCUT2D eigenvalue weighted by atomic mass is 10.4. The van der Waals surface area contributed by atoms with Gasteiger partial charge in [0, 0.05) is 11.9 Å². The van der Waals surface area contributed by atoms with Crippen LogP contribution in [0.2, 0.25) is 0 Å². The van der Waals surface area contributed by atoms with Gasteiger partial charge in [-0.15, -0.1) is 11.3 Å². The van der Waals surface area contributed by atoms with E-state index in [1.807, 2.05) is 19.2 Å². The smallest absolute Gasteiger partial charge is 0.262 e. The number of fused-ring (bicyclic) bond motifs is 1. The molecule has 5 heteroatoms. The summed E-state index contributed by atoms with van der Waals surface area (Å²) >= 11 is 3.06. The maximum absolute atomic E-state index is 11.8. The van der Waals surface area contributed by atoms with E-state index in [9.17, 15) is 4.79 Å². The third kappa shape index (κ3) is 1.36. The Hall–Kier alpha value is -0.810. The molecule has 3 nitrogen and oxygen atoms in total. The number of hydrogen-bond acceptors (Lipinski definition) is 4. The summed E-state index contributed by atoms with van der Waals surface area (Å²) in [6, 6.07) is 1.90. The third-order valence-electron chi connectivity index (χ3n) is 2.04. The molecule has 0 aliphatic heterocycles. The molecule has 0 spiro atoms. The molecule has 0 saturated heterocycles. The molecule has 0 amide bonds. The van der Waals surface area contributed by atoms with Gasteiger partial charge in [-0.25, -0.2) is 4.98 Å². The molecule has 0 saturated carbocycles. The number of aromatic nitrogens is 2. The molecule has 0 fully saturated rings. The van der Waals surface area contributed by atoms with Crippen LogP contribution in [0.4, 0.5) is 0 Å². The van der Waals surface area contributed by atoms with Crippen molar-refractivity contribution in [3.8, 4) is 0 Å². The summed E-state index contributed by atoms with van der Waals surface area (Å²) < 4.78 is 1.60. The zero-order valence-electron chi connectivity index (χ0n) is 8.20. The fourth-order valence-electron chi connectivity index (χ4n) is 1.35. The fourth-order valence-corrected chi connectivity index (χ4v) is 2.82. The summed E-state index contributed by atoms with van der Waals surface area (Å²) in [7, 11) is 1.76. The van der Waals surface area contributed by atoms with Crippen LogP contribution < -0.4 is 5.56 Å². The molecule has 0 N–H and O–H groups in total. The maximum atomic E-state index is 11.8. The summed E-state index contributed by atoms with van der Waals surface area (Å²) in [5.74, 6) is 0. The van der Waals surface area contributed by atoms with Gasteiger partial charge in [-0.2, -0.15) is 0 Å². The van der Waals surface area contributed by atoms with Gasteiger partial charge in [0.15, 0.2) is 5.16 Å². The third-order valence-corrected chi connectivity index (χ3v) is 3.71. The summed E-state index contributed by atoms with van der Waals surface area (Å²) in [6.45, 7) is 1.99. The molecule has 2 aromatic heterocycles.